The number of benzene rings is 2. The number of nitrogens with one attached hydrogen (secondary N) is 3. The van der Waals surface area contributed by atoms with E-state index in [1.54, 1.807) is 12.1 Å². The summed E-state index contributed by atoms with van der Waals surface area (Å²) in [5.74, 6) is -3.56. The molecule has 0 radical (unpaired) electrons. The van der Waals surface area contributed by atoms with E-state index in [2.05, 4.69) is 16.0 Å². The fourth-order valence-electron chi connectivity index (χ4n) is 3.91. The van der Waals surface area contributed by atoms with Gasteiger partial charge in [-0.3, -0.25) is 19.2 Å². The molecule has 222 valence electrons. The highest BCUT2D eigenvalue weighted by molar-refractivity contribution is 7.98. The number of carboxylic acid groups (broad SMARTS) is 1. The van der Waals surface area contributed by atoms with Crippen LogP contribution in [0, 0.1) is 0 Å². The zero-order chi connectivity index (χ0) is 30.4. The second kappa shape index (κ2) is 16.9. The molecule has 0 saturated heterocycles. The van der Waals surface area contributed by atoms with E-state index >= 15 is 0 Å². The van der Waals surface area contributed by atoms with Gasteiger partial charge in [-0.15, -0.1) is 0 Å². The van der Waals surface area contributed by atoms with Crippen LogP contribution < -0.4 is 27.4 Å². The number of amides is 4. The summed E-state index contributed by atoms with van der Waals surface area (Å²) in [5, 5.41) is 26.8. The lowest BCUT2D eigenvalue weighted by Crippen LogP contribution is -2.58. The van der Waals surface area contributed by atoms with Gasteiger partial charge in [-0.05, 0) is 54.5 Å². The molecule has 0 bridgehead atoms. The van der Waals surface area contributed by atoms with Crippen molar-refractivity contribution in [2.75, 3.05) is 12.0 Å². The van der Waals surface area contributed by atoms with Gasteiger partial charge in [0.1, 0.15) is 23.9 Å². The lowest BCUT2D eigenvalue weighted by atomic mass is 10.0. The number of carbonyl (C=O) groups excluding carboxylic acids is 4. The van der Waals surface area contributed by atoms with Gasteiger partial charge in [0.2, 0.25) is 23.6 Å². The van der Waals surface area contributed by atoms with Gasteiger partial charge in [0.25, 0.3) is 0 Å². The van der Waals surface area contributed by atoms with Crippen molar-refractivity contribution in [2.24, 2.45) is 11.5 Å². The van der Waals surface area contributed by atoms with Crippen LogP contribution in [-0.4, -0.2) is 76.0 Å². The molecule has 4 amide bonds. The third-order valence-corrected chi connectivity index (χ3v) is 6.83. The molecule has 0 aliphatic rings. The summed E-state index contributed by atoms with van der Waals surface area (Å²) in [4.78, 5) is 62.3. The molecule has 4 atom stereocenters. The molecule has 0 spiro atoms. The van der Waals surface area contributed by atoms with Crippen molar-refractivity contribution in [3.8, 4) is 5.75 Å². The van der Waals surface area contributed by atoms with Gasteiger partial charge in [-0.2, -0.15) is 11.8 Å². The highest BCUT2D eigenvalue weighted by Crippen LogP contribution is 2.13. The van der Waals surface area contributed by atoms with Crippen LogP contribution in [0.25, 0.3) is 0 Å². The number of aliphatic carboxylic acids is 1. The second-order valence-electron chi connectivity index (χ2n) is 9.48. The van der Waals surface area contributed by atoms with Crippen molar-refractivity contribution in [3.05, 3.63) is 65.7 Å². The fourth-order valence-corrected chi connectivity index (χ4v) is 4.38. The smallest absolute Gasteiger partial charge is 0.326 e. The molecule has 13 heteroatoms. The Morgan fingerprint density at radius 3 is 1.93 bits per heavy atom. The van der Waals surface area contributed by atoms with Crippen LogP contribution in [0.4, 0.5) is 0 Å². The topological polar surface area (TPSA) is 214 Å². The first-order chi connectivity index (χ1) is 19.5. The van der Waals surface area contributed by atoms with Crippen molar-refractivity contribution >= 4 is 41.4 Å². The monoisotopic (exact) mass is 587 g/mol. The van der Waals surface area contributed by atoms with Crippen LogP contribution in [0.3, 0.4) is 0 Å². The van der Waals surface area contributed by atoms with Gasteiger partial charge in [0, 0.05) is 12.8 Å². The van der Waals surface area contributed by atoms with Crippen molar-refractivity contribution in [1.82, 2.24) is 16.0 Å². The average Bonchev–Trinajstić information content (AvgIpc) is 2.93. The number of carbonyl (C=O) groups is 5. The minimum atomic E-state index is -1.42. The summed E-state index contributed by atoms with van der Waals surface area (Å²) in [6.07, 6.45) is 1.81. The fraction of sp³-hybridized carbons (Fsp3) is 0.393. The van der Waals surface area contributed by atoms with E-state index in [9.17, 15) is 34.2 Å². The van der Waals surface area contributed by atoms with E-state index < -0.39 is 53.8 Å². The zero-order valence-corrected chi connectivity index (χ0v) is 23.6. The number of aromatic hydroxyl groups is 1. The summed E-state index contributed by atoms with van der Waals surface area (Å²) in [6, 6.07) is 10.5. The highest BCUT2D eigenvalue weighted by atomic mass is 32.2. The van der Waals surface area contributed by atoms with Gasteiger partial charge in [-0.25, -0.2) is 4.79 Å². The Hall–Kier alpha value is -4.10. The summed E-state index contributed by atoms with van der Waals surface area (Å²) in [7, 11) is 0. The minimum Gasteiger partial charge on any atom is -0.508 e. The SMILES string of the molecule is CSCCC(NC(=O)C(N)Cc1ccccc1)C(=O)NC(Cc1ccc(O)cc1)C(=O)NC(CCC(N)=O)C(=O)O. The molecule has 12 nitrogen and oxygen atoms in total. The Morgan fingerprint density at radius 1 is 0.780 bits per heavy atom. The quantitative estimate of drug-likeness (QED) is 0.133. The van der Waals surface area contributed by atoms with Crippen LogP contribution in [0.5, 0.6) is 5.75 Å². The highest BCUT2D eigenvalue weighted by Gasteiger charge is 2.30. The van der Waals surface area contributed by atoms with E-state index in [-0.39, 0.29) is 37.9 Å². The molecule has 9 N–H and O–H groups in total. The first kappa shape index (κ1) is 33.1. The molecule has 0 saturated carbocycles. The number of nitrogens with two attached hydrogens (primary N) is 2. The summed E-state index contributed by atoms with van der Waals surface area (Å²) in [6.45, 7) is 0. The zero-order valence-electron chi connectivity index (χ0n) is 22.7. The molecule has 2 aromatic rings. The van der Waals surface area contributed by atoms with Crippen LogP contribution in [-0.2, 0) is 36.8 Å². The molecule has 0 aliphatic heterocycles. The van der Waals surface area contributed by atoms with Crippen molar-refractivity contribution < 1.29 is 34.2 Å². The van der Waals surface area contributed by atoms with Crippen LogP contribution >= 0.6 is 11.8 Å². The molecule has 4 unspecified atom stereocenters. The number of thioether (sulfide) groups is 1. The van der Waals surface area contributed by atoms with E-state index in [4.69, 9.17) is 11.5 Å². The van der Waals surface area contributed by atoms with Crippen LogP contribution in [0.1, 0.15) is 30.4 Å². The van der Waals surface area contributed by atoms with E-state index in [1.165, 1.54) is 23.9 Å². The standard InChI is InChI=1S/C28H37N5O7S/c1-41-14-13-21(31-25(36)20(29)15-17-5-3-2-4-6-17)26(37)33-23(16-18-7-9-19(34)10-8-18)27(38)32-22(28(39)40)11-12-24(30)35/h2-10,20-23,34H,11-16,29H2,1H3,(H2,30,35)(H,31,36)(H,32,38)(H,33,37)(H,39,40). The largest absolute Gasteiger partial charge is 0.508 e. The van der Waals surface area contributed by atoms with Gasteiger partial charge >= 0.3 is 5.97 Å². The van der Waals surface area contributed by atoms with Gasteiger partial charge in [-0.1, -0.05) is 42.5 Å². The Labute approximate surface area is 242 Å². The lowest BCUT2D eigenvalue weighted by molar-refractivity contribution is -0.142. The average molecular weight is 588 g/mol. The minimum absolute atomic E-state index is 0.00265. The van der Waals surface area contributed by atoms with E-state index in [1.807, 2.05) is 36.6 Å². The molecule has 0 heterocycles. The Balaban J connectivity index is 2.21. The third kappa shape index (κ3) is 11.9. The summed E-state index contributed by atoms with van der Waals surface area (Å²) in [5.41, 5.74) is 12.7. The lowest BCUT2D eigenvalue weighted by Gasteiger charge is -2.25. The number of phenols is 1. The van der Waals surface area contributed by atoms with Crippen LogP contribution in [0.15, 0.2) is 54.6 Å². The Bertz CT molecular complexity index is 1180. The number of hydrogen-bond donors (Lipinski definition) is 7. The van der Waals surface area contributed by atoms with Gasteiger partial charge in [0.15, 0.2) is 0 Å². The van der Waals surface area contributed by atoms with Crippen molar-refractivity contribution in [3.63, 3.8) is 0 Å². The second-order valence-corrected chi connectivity index (χ2v) is 10.5. The first-order valence-electron chi connectivity index (χ1n) is 13.0. The van der Waals surface area contributed by atoms with Crippen LogP contribution in [0.2, 0.25) is 0 Å². The third-order valence-electron chi connectivity index (χ3n) is 6.18. The molecule has 0 fully saturated rings. The molecule has 41 heavy (non-hydrogen) atoms. The maximum atomic E-state index is 13.4. The maximum Gasteiger partial charge on any atom is 0.326 e. The number of carboxylic acids is 1. The Morgan fingerprint density at radius 2 is 1.34 bits per heavy atom. The van der Waals surface area contributed by atoms with Gasteiger partial charge in [0.05, 0.1) is 6.04 Å². The molecular weight excluding hydrogens is 550 g/mol. The molecular formula is C28H37N5O7S. The number of hydrogen-bond acceptors (Lipinski definition) is 8. The number of phenolic OH excluding ortho intramolecular Hbond substituents is 1. The van der Waals surface area contributed by atoms with Crippen molar-refractivity contribution in [2.45, 2.75) is 56.3 Å². The van der Waals surface area contributed by atoms with E-state index in [0.29, 0.717) is 11.3 Å². The predicted octanol–water partition coefficient (Wildman–Crippen LogP) is 0.0623. The molecule has 0 aromatic heterocycles. The first-order valence-corrected chi connectivity index (χ1v) is 14.4. The number of primary amides is 1. The Kier molecular flexibility index (Phi) is 13.6. The van der Waals surface area contributed by atoms with Crippen molar-refractivity contribution in [1.29, 1.82) is 0 Å². The molecule has 2 aromatic carbocycles. The van der Waals surface area contributed by atoms with Gasteiger partial charge < -0.3 is 37.6 Å². The number of rotatable bonds is 17. The summed E-state index contributed by atoms with van der Waals surface area (Å²) >= 11 is 1.47. The summed E-state index contributed by atoms with van der Waals surface area (Å²) < 4.78 is 0. The molecule has 0 aliphatic carbocycles. The normalized spacial score (nSPS) is 13.7. The predicted molar refractivity (Wildman–Crippen MR) is 155 cm³/mol. The molecule has 2 rings (SSSR count). The maximum absolute atomic E-state index is 13.4. The van der Waals surface area contributed by atoms with E-state index in [0.717, 1.165) is 5.56 Å².